The molecule has 0 aromatic rings. The van der Waals surface area contributed by atoms with Gasteiger partial charge in [-0.15, -0.1) is 0 Å². The fourth-order valence-corrected chi connectivity index (χ4v) is 0. The first-order valence-electron chi connectivity index (χ1n) is 3.15. The minimum Gasteiger partial charge on any atom is -0.323 e. The van der Waals surface area contributed by atoms with Gasteiger partial charge in [-0.2, -0.15) is 0 Å². The molecule has 0 spiro atoms. The SMILES string of the molecule is C=CC=C.CC.CNC. The summed E-state index contributed by atoms with van der Waals surface area (Å²) in [5.41, 5.74) is 0. The third-order valence-electron chi connectivity index (χ3n) is 0.167. The Morgan fingerprint density at radius 2 is 1.11 bits per heavy atom. The summed E-state index contributed by atoms with van der Waals surface area (Å²) < 4.78 is 0. The van der Waals surface area contributed by atoms with Crippen molar-refractivity contribution in [1.82, 2.24) is 5.32 Å². The van der Waals surface area contributed by atoms with E-state index in [9.17, 15) is 0 Å². The highest BCUT2D eigenvalue weighted by Gasteiger charge is 1.29. The molecule has 0 rings (SSSR count). The molecule has 0 saturated carbocycles. The second-order valence-corrected chi connectivity index (χ2v) is 0.971. The van der Waals surface area contributed by atoms with Gasteiger partial charge >= 0.3 is 0 Å². The van der Waals surface area contributed by atoms with Gasteiger partial charge in [-0.25, -0.2) is 0 Å². The van der Waals surface area contributed by atoms with Crippen LogP contribution in [0.25, 0.3) is 0 Å². The van der Waals surface area contributed by atoms with Crippen LogP contribution in [-0.4, -0.2) is 14.1 Å². The highest BCUT2D eigenvalue weighted by Crippen LogP contribution is 1.52. The Morgan fingerprint density at radius 1 is 1.00 bits per heavy atom. The highest BCUT2D eigenvalue weighted by molar-refractivity contribution is 4.88. The van der Waals surface area contributed by atoms with E-state index in [1.165, 1.54) is 0 Å². The van der Waals surface area contributed by atoms with Gasteiger partial charge in [0.05, 0.1) is 0 Å². The summed E-state index contributed by atoms with van der Waals surface area (Å²) in [6.07, 6.45) is 3.28. The second kappa shape index (κ2) is 51.8. The molecule has 0 heterocycles. The van der Waals surface area contributed by atoms with Crippen molar-refractivity contribution in [3.8, 4) is 0 Å². The summed E-state index contributed by atoms with van der Waals surface area (Å²) in [4.78, 5) is 0. The van der Waals surface area contributed by atoms with Gasteiger partial charge in [-0.1, -0.05) is 39.2 Å². The Bertz CT molecular complexity index is 33.8. The van der Waals surface area contributed by atoms with Crippen LogP contribution in [0, 0.1) is 0 Å². The first-order chi connectivity index (χ1) is 4.33. The van der Waals surface area contributed by atoms with Crippen LogP contribution in [0.5, 0.6) is 0 Å². The van der Waals surface area contributed by atoms with Crippen LogP contribution < -0.4 is 5.32 Å². The fraction of sp³-hybridized carbons (Fsp3) is 0.500. The van der Waals surface area contributed by atoms with Crippen molar-refractivity contribution in [1.29, 1.82) is 0 Å². The molecular weight excluding hydrogens is 110 g/mol. The number of rotatable bonds is 1. The van der Waals surface area contributed by atoms with Crippen molar-refractivity contribution in [2.45, 2.75) is 13.8 Å². The van der Waals surface area contributed by atoms with E-state index in [2.05, 4.69) is 18.5 Å². The molecule has 1 nitrogen and oxygen atoms in total. The molecule has 1 heteroatoms. The van der Waals surface area contributed by atoms with Crippen LogP contribution in [0.4, 0.5) is 0 Å². The first kappa shape index (κ1) is 15.8. The predicted octanol–water partition coefficient (Wildman–Crippen LogP) is 2.22. The molecule has 1 N–H and O–H groups in total. The molecular formula is C8H19N. The lowest BCUT2D eigenvalue weighted by atomic mass is 10.6. The standard InChI is InChI=1S/C4H6.C2H7N.C2H6/c1-3-4-2;1-3-2;1-2/h3-4H,1-2H2;3H,1-2H3;1-2H3. The van der Waals surface area contributed by atoms with Gasteiger partial charge in [0.1, 0.15) is 0 Å². The molecule has 0 aliphatic rings. The van der Waals surface area contributed by atoms with Crippen LogP contribution >= 0.6 is 0 Å². The van der Waals surface area contributed by atoms with Crippen molar-refractivity contribution in [2.75, 3.05) is 14.1 Å². The topological polar surface area (TPSA) is 12.0 Å². The van der Waals surface area contributed by atoms with E-state index in [-0.39, 0.29) is 0 Å². The number of allylic oxidation sites excluding steroid dienone is 2. The number of hydrogen-bond donors (Lipinski definition) is 1. The number of hydrogen-bond acceptors (Lipinski definition) is 1. The Labute approximate surface area is 59.5 Å². The Balaban J connectivity index is -0.0000000646. The molecule has 56 valence electrons. The third kappa shape index (κ3) is 1140. The van der Waals surface area contributed by atoms with E-state index < -0.39 is 0 Å². The van der Waals surface area contributed by atoms with Gasteiger partial charge in [0.2, 0.25) is 0 Å². The predicted molar refractivity (Wildman–Crippen MR) is 46.7 cm³/mol. The molecule has 0 radical (unpaired) electrons. The Morgan fingerprint density at radius 3 is 1.11 bits per heavy atom. The summed E-state index contributed by atoms with van der Waals surface area (Å²) >= 11 is 0. The summed E-state index contributed by atoms with van der Waals surface area (Å²) in [5, 5.41) is 2.75. The van der Waals surface area contributed by atoms with Crippen molar-refractivity contribution in [2.24, 2.45) is 0 Å². The molecule has 0 atom stereocenters. The van der Waals surface area contributed by atoms with Crippen molar-refractivity contribution in [3.63, 3.8) is 0 Å². The van der Waals surface area contributed by atoms with E-state index in [4.69, 9.17) is 0 Å². The zero-order chi connectivity index (χ0) is 8.12. The largest absolute Gasteiger partial charge is 0.323 e. The van der Waals surface area contributed by atoms with Crippen LogP contribution in [0.3, 0.4) is 0 Å². The van der Waals surface area contributed by atoms with Crippen molar-refractivity contribution >= 4 is 0 Å². The normalized spacial score (nSPS) is 4.89. The van der Waals surface area contributed by atoms with Gasteiger partial charge < -0.3 is 5.32 Å². The minimum absolute atomic E-state index is 1.64. The molecule has 0 saturated heterocycles. The van der Waals surface area contributed by atoms with Crippen LogP contribution in [0.15, 0.2) is 25.3 Å². The van der Waals surface area contributed by atoms with Gasteiger partial charge in [-0.05, 0) is 14.1 Å². The van der Waals surface area contributed by atoms with Gasteiger partial charge in [-0.3, -0.25) is 0 Å². The second-order valence-electron chi connectivity index (χ2n) is 0.971. The van der Waals surface area contributed by atoms with Crippen molar-refractivity contribution < 1.29 is 0 Å². The van der Waals surface area contributed by atoms with E-state index >= 15 is 0 Å². The minimum atomic E-state index is 1.64. The van der Waals surface area contributed by atoms with Gasteiger partial charge in [0.25, 0.3) is 0 Å². The average Bonchev–Trinajstić information content (AvgIpc) is 1.94. The van der Waals surface area contributed by atoms with E-state index in [1.807, 2.05) is 27.9 Å². The fourth-order valence-electron chi connectivity index (χ4n) is 0. The molecule has 0 aromatic carbocycles. The molecule has 0 aliphatic carbocycles. The lowest BCUT2D eigenvalue weighted by Crippen LogP contribution is -1.89. The third-order valence-corrected chi connectivity index (χ3v) is 0.167. The monoisotopic (exact) mass is 129 g/mol. The zero-order valence-electron chi connectivity index (χ0n) is 7.07. The molecule has 9 heavy (non-hydrogen) atoms. The quantitative estimate of drug-likeness (QED) is 0.535. The van der Waals surface area contributed by atoms with Gasteiger partial charge in [0.15, 0.2) is 0 Å². The van der Waals surface area contributed by atoms with Crippen LogP contribution in [0.2, 0.25) is 0 Å². The number of nitrogens with one attached hydrogen (secondary N) is 1. The van der Waals surface area contributed by atoms with E-state index in [1.54, 1.807) is 12.2 Å². The molecule has 0 unspecified atom stereocenters. The maximum Gasteiger partial charge on any atom is -0.0167 e. The Hall–Kier alpha value is -0.560. The van der Waals surface area contributed by atoms with E-state index in [0.29, 0.717) is 0 Å². The van der Waals surface area contributed by atoms with E-state index in [0.717, 1.165) is 0 Å². The summed E-state index contributed by atoms with van der Waals surface area (Å²) in [6.45, 7) is 10.7. The average molecular weight is 129 g/mol. The first-order valence-corrected chi connectivity index (χ1v) is 3.15. The highest BCUT2D eigenvalue weighted by atomic mass is 14.7. The van der Waals surface area contributed by atoms with Gasteiger partial charge in [0, 0.05) is 0 Å². The van der Waals surface area contributed by atoms with Crippen LogP contribution in [-0.2, 0) is 0 Å². The summed E-state index contributed by atoms with van der Waals surface area (Å²) in [7, 11) is 3.75. The maximum absolute atomic E-state index is 3.36. The molecule has 0 fully saturated rings. The molecule has 0 amide bonds. The Kier molecular flexibility index (Phi) is 90.9. The molecule has 0 bridgehead atoms. The summed E-state index contributed by atoms with van der Waals surface area (Å²) in [6, 6.07) is 0. The zero-order valence-corrected chi connectivity index (χ0v) is 7.07. The van der Waals surface area contributed by atoms with Crippen molar-refractivity contribution in [3.05, 3.63) is 25.3 Å². The molecule has 0 aromatic heterocycles. The molecule has 0 aliphatic heterocycles. The van der Waals surface area contributed by atoms with Crippen LogP contribution in [0.1, 0.15) is 13.8 Å². The maximum atomic E-state index is 3.36. The summed E-state index contributed by atoms with van der Waals surface area (Å²) in [5.74, 6) is 0. The smallest absolute Gasteiger partial charge is 0.0167 e. The lowest BCUT2D eigenvalue weighted by Gasteiger charge is -1.59. The lowest BCUT2D eigenvalue weighted by molar-refractivity contribution is 1.02.